The van der Waals surface area contributed by atoms with Crippen LogP contribution in [-0.2, 0) is 4.79 Å². The molecule has 0 aromatic heterocycles. The van der Waals surface area contributed by atoms with Gasteiger partial charge in [0.25, 0.3) is 0 Å². The van der Waals surface area contributed by atoms with E-state index in [0.717, 1.165) is 0 Å². The topological polar surface area (TPSA) is 69.1 Å². The Morgan fingerprint density at radius 3 is 2.86 bits per heavy atom. The molecule has 0 aliphatic carbocycles. The predicted octanol–water partition coefficient (Wildman–Crippen LogP) is 1.30. The first kappa shape index (κ1) is 10.2. The number of anilines is 1. The zero-order valence-corrected chi connectivity index (χ0v) is 7.53. The van der Waals surface area contributed by atoms with Gasteiger partial charge in [0.05, 0.1) is 0 Å². The molecule has 4 heteroatoms. The van der Waals surface area contributed by atoms with Gasteiger partial charge in [0.2, 0.25) is 5.91 Å². The lowest BCUT2D eigenvalue weighted by Gasteiger charge is -1.99. The highest BCUT2D eigenvalue weighted by Crippen LogP contribution is 2.14. The third kappa shape index (κ3) is 2.90. The fourth-order valence-electron chi connectivity index (χ4n) is 0.992. The Hall–Kier alpha value is -1.84. The average molecular weight is 194 g/mol. The summed E-state index contributed by atoms with van der Waals surface area (Å²) >= 11 is 0. The number of amides is 1. The number of hydrogen-bond donors (Lipinski definition) is 2. The van der Waals surface area contributed by atoms with Crippen LogP contribution in [0.4, 0.5) is 10.1 Å². The lowest BCUT2D eigenvalue weighted by Crippen LogP contribution is -2.07. The minimum absolute atomic E-state index is 0.121. The molecule has 0 saturated heterocycles. The summed E-state index contributed by atoms with van der Waals surface area (Å²) in [5.41, 5.74) is 11.5. The highest BCUT2D eigenvalue weighted by Gasteiger charge is 1.97. The first-order valence-corrected chi connectivity index (χ1v) is 4.09. The molecule has 0 radical (unpaired) electrons. The molecule has 1 aromatic rings. The van der Waals surface area contributed by atoms with Crippen LogP contribution in [0.5, 0.6) is 0 Å². The van der Waals surface area contributed by atoms with Crippen LogP contribution < -0.4 is 11.5 Å². The SMILES string of the molecule is NC(=O)CC=Cc1cc(F)ccc1N. The molecule has 0 spiro atoms. The Labute approximate surface area is 81.2 Å². The number of carbonyl (C=O) groups excluding carboxylic acids is 1. The van der Waals surface area contributed by atoms with Gasteiger partial charge in [0.15, 0.2) is 0 Å². The van der Waals surface area contributed by atoms with Gasteiger partial charge in [-0.25, -0.2) is 4.39 Å². The standard InChI is InChI=1S/C10H11FN2O/c11-8-4-5-9(12)7(6-8)2-1-3-10(13)14/h1-2,4-6H,3,12H2,(H2,13,14). The van der Waals surface area contributed by atoms with Crippen molar-refractivity contribution in [3.8, 4) is 0 Å². The van der Waals surface area contributed by atoms with Gasteiger partial charge in [-0.2, -0.15) is 0 Å². The fourth-order valence-corrected chi connectivity index (χ4v) is 0.992. The number of hydrogen-bond acceptors (Lipinski definition) is 2. The molecule has 0 bridgehead atoms. The molecular weight excluding hydrogens is 183 g/mol. The maximum absolute atomic E-state index is 12.8. The summed E-state index contributed by atoms with van der Waals surface area (Å²) in [7, 11) is 0. The quantitative estimate of drug-likeness (QED) is 0.712. The highest BCUT2D eigenvalue weighted by molar-refractivity contribution is 5.77. The second-order valence-electron chi connectivity index (χ2n) is 2.85. The number of nitrogens with two attached hydrogens (primary N) is 2. The number of rotatable bonds is 3. The minimum Gasteiger partial charge on any atom is -0.398 e. The largest absolute Gasteiger partial charge is 0.398 e. The molecular formula is C10H11FN2O. The van der Waals surface area contributed by atoms with E-state index in [1.165, 1.54) is 18.2 Å². The van der Waals surface area contributed by atoms with Crippen molar-refractivity contribution in [2.75, 3.05) is 5.73 Å². The van der Waals surface area contributed by atoms with Crippen molar-refractivity contribution in [1.29, 1.82) is 0 Å². The first-order valence-electron chi connectivity index (χ1n) is 4.09. The zero-order chi connectivity index (χ0) is 10.6. The Morgan fingerprint density at radius 1 is 1.50 bits per heavy atom. The van der Waals surface area contributed by atoms with Gasteiger partial charge in [0, 0.05) is 12.1 Å². The van der Waals surface area contributed by atoms with E-state index in [0.29, 0.717) is 11.3 Å². The maximum atomic E-state index is 12.8. The van der Waals surface area contributed by atoms with Gasteiger partial charge in [-0.05, 0) is 23.8 Å². The molecule has 1 aromatic carbocycles. The molecule has 4 N–H and O–H groups in total. The van der Waals surface area contributed by atoms with Crippen LogP contribution >= 0.6 is 0 Å². The summed E-state index contributed by atoms with van der Waals surface area (Å²) < 4.78 is 12.8. The van der Waals surface area contributed by atoms with Crippen molar-refractivity contribution in [3.63, 3.8) is 0 Å². The number of benzene rings is 1. The summed E-state index contributed by atoms with van der Waals surface area (Å²) in [6.45, 7) is 0. The molecule has 0 fully saturated rings. The number of nitrogen functional groups attached to an aromatic ring is 1. The Balaban J connectivity index is 2.80. The van der Waals surface area contributed by atoms with Gasteiger partial charge >= 0.3 is 0 Å². The Bertz CT molecular complexity index is 374. The van der Waals surface area contributed by atoms with Crippen molar-refractivity contribution in [3.05, 3.63) is 35.7 Å². The smallest absolute Gasteiger partial charge is 0.221 e. The summed E-state index contributed by atoms with van der Waals surface area (Å²) in [4.78, 5) is 10.4. The van der Waals surface area contributed by atoms with Crippen molar-refractivity contribution in [2.45, 2.75) is 6.42 Å². The molecule has 0 aliphatic rings. The second-order valence-corrected chi connectivity index (χ2v) is 2.85. The second kappa shape index (κ2) is 4.41. The zero-order valence-electron chi connectivity index (χ0n) is 7.53. The molecule has 14 heavy (non-hydrogen) atoms. The van der Waals surface area contributed by atoms with E-state index >= 15 is 0 Å². The predicted molar refractivity (Wildman–Crippen MR) is 53.7 cm³/mol. The van der Waals surface area contributed by atoms with Crippen LogP contribution in [0.25, 0.3) is 6.08 Å². The summed E-state index contributed by atoms with van der Waals surface area (Å²) in [5.74, 6) is -0.797. The van der Waals surface area contributed by atoms with Crippen molar-refractivity contribution >= 4 is 17.7 Å². The molecule has 0 heterocycles. The minimum atomic E-state index is -0.434. The van der Waals surface area contributed by atoms with E-state index < -0.39 is 5.91 Å². The molecule has 0 unspecified atom stereocenters. The molecule has 0 aliphatic heterocycles. The normalized spacial score (nSPS) is 10.6. The van der Waals surface area contributed by atoms with E-state index in [1.54, 1.807) is 12.2 Å². The van der Waals surface area contributed by atoms with E-state index in [2.05, 4.69) is 0 Å². The van der Waals surface area contributed by atoms with Crippen LogP contribution in [0.3, 0.4) is 0 Å². The number of halogens is 1. The molecule has 0 saturated carbocycles. The monoisotopic (exact) mass is 194 g/mol. The van der Waals surface area contributed by atoms with Crippen LogP contribution in [0.15, 0.2) is 24.3 Å². The third-order valence-electron chi connectivity index (χ3n) is 1.67. The highest BCUT2D eigenvalue weighted by atomic mass is 19.1. The Kier molecular flexibility index (Phi) is 3.23. The lowest BCUT2D eigenvalue weighted by molar-refractivity contribution is -0.117. The van der Waals surface area contributed by atoms with E-state index in [4.69, 9.17) is 11.5 Å². The van der Waals surface area contributed by atoms with Gasteiger partial charge in [-0.3, -0.25) is 4.79 Å². The van der Waals surface area contributed by atoms with Gasteiger partial charge in [-0.15, -0.1) is 0 Å². The van der Waals surface area contributed by atoms with E-state index in [1.807, 2.05) is 0 Å². The average Bonchev–Trinajstić information content (AvgIpc) is 2.10. The molecule has 0 atom stereocenters. The summed E-state index contributed by atoms with van der Waals surface area (Å²) in [6.07, 6.45) is 3.24. The fraction of sp³-hybridized carbons (Fsp3) is 0.100. The van der Waals surface area contributed by atoms with Gasteiger partial charge < -0.3 is 11.5 Å². The van der Waals surface area contributed by atoms with Crippen molar-refractivity contribution < 1.29 is 9.18 Å². The molecule has 1 rings (SSSR count). The molecule has 1 amide bonds. The summed E-state index contributed by atoms with van der Waals surface area (Å²) in [5, 5.41) is 0. The maximum Gasteiger partial charge on any atom is 0.221 e. The molecule has 74 valence electrons. The van der Waals surface area contributed by atoms with Crippen LogP contribution in [0.2, 0.25) is 0 Å². The van der Waals surface area contributed by atoms with E-state index in [-0.39, 0.29) is 12.2 Å². The lowest BCUT2D eigenvalue weighted by atomic mass is 10.1. The van der Waals surface area contributed by atoms with Gasteiger partial charge in [0.1, 0.15) is 5.82 Å². The van der Waals surface area contributed by atoms with Crippen molar-refractivity contribution in [2.24, 2.45) is 5.73 Å². The first-order chi connectivity index (χ1) is 6.59. The Morgan fingerprint density at radius 2 is 2.21 bits per heavy atom. The van der Waals surface area contributed by atoms with E-state index in [9.17, 15) is 9.18 Å². The molecule has 3 nitrogen and oxygen atoms in total. The van der Waals surface area contributed by atoms with Crippen LogP contribution in [0, 0.1) is 5.82 Å². The van der Waals surface area contributed by atoms with Crippen LogP contribution in [0.1, 0.15) is 12.0 Å². The van der Waals surface area contributed by atoms with Gasteiger partial charge in [-0.1, -0.05) is 12.2 Å². The van der Waals surface area contributed by atoms with Crippen LogP contribution in [-0.4, -0.2) is 5.91 Å². The summed E-state index contributed by atoms with van der Waals surface area (Å²) in [6, 6.07) is 4.05. The number of carbonyl (C=O) groups is 1. The third-order valence-corrected chi connectivity index (χ3v) is 1.67. The number of primary amides is 1. The van der Waals surface area contributed by atoms with Crippen molar-refractivity contribution in [1.82, 2.24) is 0 Å².